The number of methoxy groups -OCH3 is 1. The zero-order valence-electron chi connectivity index (χ0n) is 19.1. The number of hydrogen-bond donors (Lipinski definition) is 3. The summed E-state index contributed by atoms with van der Waals surface area (Å²) in [6, 6.07) is 14.0. The Labute approximate surface area is 205 Å². The summed E-state index contributed by atoms with van der Waals surface area (Å²) in [7, 11) is 1.36. The van der Waals surface area contributed by atoms with Crippen LogP contribution in [0.5, 0.6) is 5.75 Å². The molecule has 0 aromatic heterocycles. The van der Waals surface area contributed by atoms with Crippen LogP contribution in [0, 0.1) is 10.1 Å². The number of hydrogen-bond acceptors (Lipinski definition) is 7. The summed E-state index contributed by atoms with van der Waals surface area (Å²) < 4.78 is 5.17. The number of nitrogens with one attached hydrogen (secondary N) is 2. The number of ether oxygens (including phenoxy) is 1. The molecular formula is C25H21N5O6. The van der Waals surface area contributed by atoms with Crippen molar-refractivity contribution in [2.45, 2.75) is 18.9 Å². The van der Waals surface area contributed by atoms with Gasteiger partial charge in [0.1, 0.15) is 6.04 Å². The number of anilines is 4. The molecule has 3 aromatic carbocycles. The van der Waals surface area contributed by atoms with E-state index in [2.05, 4.69) is 10.6 Å². The van der Waals surface area contributed by atoms with Gasteiger partial charge in [-0.1, -0.05) is 6.07 Å². The fourth-order valence-corrected chi connectivity index (χ4v) is 4.54. The highest BCUT2D eigenvalue weighted by Gasteiger charge is 2.36. The number of fused-ring (bicyclic) bond motifs is 2. The van der Waals surface area contributed by atoms with Crippen LogP contribution in [-0.2, 0) is 9.59 Å². The summed E-state index contributed by atoms with van der Waals surface area (Å²) in [5, 5.41) is 17.3. The van der Waals surface area contributed by atoms with E-state index in [1.54, 1.807) is 48.5 Å². The summed E-state index contributed by atoms with van der Waals surface area (Å²) >= 11 is 0. The van der Waals surface area contributed by atoms with Gasteiger partial charge in [0.05, 0.1) is 34.7 Å². The topological polar surface area (TPSA) is 157 Å². The van der Waals surface area contributed by atoms with Crippen LogP contribution in [0.25, 0.3) is 11.1 Å². The van der Waals surface area contributed by atoms with Crippen LogP contribution < -0.4 is 26.0 Å². The van der Waals surface area contributed by atoms with E-state index < -0.39 is 16.9 Å². The van der Waals surface area contributed by atoms with Crippen LogP contribution >= 0.6 is 0 Å². The molecule has 1 saturated heterocycles. The van der Waals surface area contributed by atoms with Gasteiger partial charge in [0.2, 0.25) is 11.8 Å². The summed E-state index contributed by atoms with van der Waals surface area (Å²) in [5.74, 6) is -1.03. The lowest BCUT2D eigenvalue weighted by molar-refractivity contribution is -0.385. The molecule has 1 atom stereocenters. The molecule has 11 heteroatoms. The van der Waals surface area contributed by atoms with Crippen molar-refractivity contribution in [1.29, 1.82) is 0 Å². The van der Waals surface area contributed by atoms with Crippen molar-refractivity contribution in [1.82, 2.24) is 0 Å². The lowest BCUT2D eigenvalue weighted by Crippen LogP contribution is -2.42. The molecule has 2 aliphatic heterocycles. The molecule has 36 heavy (non-hydrogen) atoms. The minimum absolute atomic E-state index is 0.127. The van der Waals surface area contributed by atoms with E-state index in [0.717, 1.165) is 0 Å². The van der Waals surface area contributed by atoms with Gasteiger partial charge in [-0.2, -0.15) is 0 Å². The smallest absolute Gasteiger partial charge is 0.310 e. The molecule has 2 aliphatic rings. The number of nitrogens with zero attached hydrogens (tertiary/aromatic N) is 2. The highest BCUT2D eigenvalue weighted by Crippen LogP contribution is 2.39. The Balaban J connectivity index is 1.50. The van der Waals surface area contributed by atoms with Crippen molar-refractivity contribution in [3.63, 3.8) is 0 Å². The normalized spacial score (nSPS) is 16.4. The molecule has 5 rings (SSSR count). The molecule has 0 aliphatic carbocycles. The number of amides is 3. The van der Waals surface area contributed by atoms with Crippen molar-refractivity contribution in [3.05, 3.63) is 70.3 Å². The van der Waals surface area contributed by atoms with Gasteiger partial charge in [0.15, 0.2) is 5.75 Å². The van der Waals surface area contributed by atoms with Crippen LogP contribution in [0.4, 0.5) is 28.4 Å². The molecule has 0 bridgehead atoms. The minimum atomic E-state index is -0.733. The second kappa shape index (κ2) is 8.69. The maximum absolute atomic E-state index is 13.0. The van der Waals surface area contributed by atoms with E-state index in [4.69, 9.17) is 10.5 Å². The van der Waals surface area contributed by atoms with Crippen molar-refractivity contribution >= 4 is 46.2 Å². The largest absolute Gasteiger partial charge is 0.490 e. The first-order valence-corrected chi connectivity index (χ1v) is 11.1. The van der Waals surface area contributed by atoms with Crippen LogP contribution in [0.3, 0.4) is 0 Å². The molecule has 0 spiro atoms. The third-order valence-corrected chi connectivity index (χ3v) is 6.31. The predicted octanol–water partition coefficient (Wildman–Crippen LogP) is 3.56. The average Bonchev–Trinajstić information content (AvgIpc) is 3.19. The van der Waals surface area contributed by atoms with Gasteiger partial charge >= 0.3 is 5.69 Å². The highest BCUT2D eigenvalue weighted by atomic mass is 16.6. The Morgan fingerprint density at radius 1 is 1.03 bits per heavy atom. The van der Waals surface area contributed by atoms with Gasteiger partial charge in [-0.25, -0.2) is 0 Å². The van der Waals surface area contributed by atoms with E-state index in [0.29, 0.717) is 45.9 Å². The standard InChI is InChI=1S/C25H21N5O6/c1-36-22-11-14(3-7-20(22)30(34)35)13-2-5-16-18(10-13)27-17-6-4-15(12-19(17)28-25(16)33)29-21(24(26)32)8-9-23(29)31/h2-7,10-12,21,27H,8-9H2,1H3,(H2,26,32)(H,28,33). The molecule has 182 valence electrons. The number of carbonyl (C=O) groups is 3. The van der Waals surface area contributed by atoms with E-state index >= 15 is 0 Å². The number of nitro benzene ring substituents is 1. The van der Waals surface area contributed by atoms with Gasteiger partial charge in [-0.15, -0.1) is 0 Å². The number of benzene rings is 3. The molecule has 3 amide bonds. The first-order chi connectivity index (χ1) is 17.3. The first-order valence-electron chi connectivity index (χ1n) is 11.1. The maximum Gasteiger partial charge on any atom is 0.310 e. The van der Waals surface area contributed by atoms with Gasteiger partial charge in [-0.05, 0) is 60.0 Å². The van der Waals surface area contributed by atoms with E-state index in [1.807, 2.05) is 0 Å². The Kier molecular flexibility index (Phi) is 5.51. The Hall–Kier alpha value is -4.93. The summed E-state index contributed by atoms with van der Waals surface area (Å²) in [6.07, 6.45) is 0.564. The van der Waals surface area contributed by atoms with Crippen molar-refractivity contribution in [3.8, 4) is 16.9 Å². The van der Waals surface area contributed by atoms with Crippen molar-refractivity contribution < 1.29 is 24.0 Å². The summed E-state index contributed by atoms with van der Waals surface area (Å²) in [6.45, 7) is 0. The van der Waals surface area contributed by atoms with E-state index in [-0.39, 0.29) is 29.7 Å². The van der Waals surface area contributed by atoms with Crippen molar-refractivity contribution in [2.75, 3.05) is 22.6 Å². The number of carbonyl (C=O) groups excluding carboxylic acids is 3. The molecule has 0 radical (unpaired) electrons. The first kappa shape index (κ1) is 22.8. The zero-order valence-corrected chi connectivity index (χ0v) is 19.1. The van der Waals surface area contributed by atoms with Gasteiger partial charge in [0.25, 0.3) is 5.91 Å². The third-order valence-electron chi connectivity index (χ3n) is 6.31. The monoisotopic (exact) mass is 487 g/mol. The zero-order chi connectivity index (χ0) is 25.6. The summed E-state index contributed by atoms with van der Waals surface area (Å²) in [4.78, 5) is 49.3. The van der Waals surface area contributed by atoms with E-state index in [9.17, 15) is 24.5 Å². The lowest BCUT2D eigenvalue weighted by atomic mass is 10.0. The van der Waals surface area contributed by atoms with Gasteiger partial charge in [-0.3, -0.25) is 29.4 Å². The molecule has 1 unspecified atom stereocenters. The molecule has 2 heterocycles. The third kappa shape index (κ3) is 3.86. The molecule has 0 saturated carbocycles. The second-order valence-electron chi connectivity index (χ2n) is 8.43. The molecule has 1 fully saturated rings. The van der Waals surface area contributed by atoms with E-state index in [1.165, 1.54) is 18.1 Å². The van der Waals surface area contributed by atoms with Crippen molar-refractivity contribution in [2.24, 2.45) is 5.73 Å². The second-order valence-corrected chi connectivity index (χ2v) is 8.43. The highest BCUT2D eigenvalue weighted by molar-refractivity contribution is 6.13. The van der Waals surface area contributed by atoms with Crippen LogP contribution in [0.2, 0.25) is 0 Å². The summed E-state index contributed by atoms with van der Waals surface area (Å²) in [5.41, 5.74) is 9.13. The number of nitrogens with two attached hydrogens (primary N) is 1. The Morgan fingerprint density at radius 3 is 2.50 bits per heavy atom. The SMILES string of the molecule is COc1cc(-c2ccc3c(c2)Nc2ccc(N4C(=O)CCC4C(N)=O)cc2NC3=O)ccc1[N+](=O)[O-]. The quantitative estimate of drug-likeness (QED) is 0.367. The lowest BCUT2D eigenvalue weighted by Gasteiger charge is -2.23. The van der Waals surface area contributed by atoms with Crippen LogP contribution in [0.1, 0.15) is 23.2 Å². The molecule has 3 aromatic rings. The van der Waals surface area contributed by atoms with Gasteiger partial charge < -0.3 is 21.1 Å². The number of nitro groups is 1. The molecule has 4 N–H and O–H groups in total. The number of primary amides is 1. The average molecular weight is 487 g/mol. The van der Waals surface area contributed by atoms with Crippen LogP contribution in [0.15, 0.2) is 54.6 Å². The Bertz CT molecular complexity index is 1450. The Morgan fingerprint density at radius 2 is 1.78 bits per heavy atom. The number of rotatable bonds is 5. The van der Waals surface area contributed by atoms with Crippen LogP contribution in [-0.4, -0.2) is 35.8 Å². The predicted molar refractivity (Wildman–Crippen MR) is 132 cm³/mol. The fraction of sp³-hybridized carbons (Fsp3) is 0.160. The van der Waals surface area contributed by atoms with Gasteiger partial charge in [0, 0.05) is 18.2 Å². The maximum atomic E-state index is 13.0. The molecular weight excluding hydrogens is 466 g/mol. The minimum Gasteiger partial charge on any atom is -0.490 e. The fourth-order valence-electron chi connectivity index (χ4n) is 4.54. The molecule has 11 nitrogen and oxygen atoms in total.